The van der Waals surface area contributed by atoms with Gasteiger partial charge in [-0.25, -0.2) is 0 Å². The van der Waals surface area contributed by atoms with Gasteiger partial charge in [-0.3, -0.25) is 4.79 Å². The van der Waals surface area contributed by atoms with Crippen molar-refractivity contribution in [3.63, 3.8) is 0 Å². The molecular formula is C16H14ClNO. The average molecular weight is 272 g/mol. The highest BCUT2D eigenvalue weighted by atomic mass is 35.5. The molecule has 0 N–H and O–H groups in total. The molecule has 0 spiro atoms. The second kappa shape index (κ2) is 5.06. The zero-order valence-electron chi connectivity index (χ0n) is 10.5. The Kier molecular flexibility index (Phi) is 3.26. The van der Waals surface area contributed by atoms with Crippen molar-refractivity contribution in [2.24, 2.45) is 0 Å². The third-order valence-electron chi connectivity index (χ3n) is 3.49. The van der Waals surface area contributed by atoms with E-state index in [0.717, 1.165) is 13.0 Å². The summed E-state index contributed by atoms with van der Waals surface area (Å²) in [5.41, 5.74) is 3.24. The Morgan fingerprint density at radius 3 is 2.63 bits per heavy atom. The summed E-state index contributed by atoms with van der Waals surface area (Å²) in [5.74, 6) is 0.0528. The van der Waals surface area contributed by atoms with E-state index < -0.39 is 0 Å². The number of carbonyl (C=O) groups excluding carboxylic acids is 1. The van der Waals surface area contributed by atoms with Crippen LogP contribution in [0.15, 0.2) is 48.5 Å². The van der Waals surface area contributed by atoms with Gasteiger partial charge in [0.2, 0.25) is 0 Å². The molecule has 0 fully saturated rings. The molecule has 19 heavy (non-hydrogen) atoms. The number of fused-ring (bicyclic) bond motifs is 1. The Morgan fingerprint density at radius 1 is 1.05 bits per heavy atom. The van der Waals surface area contributed by atoms with Gasteiger partial charge in [0, 0.05) is 23.7 Å². The molecule has 1 aliphatic rings. The maximum atomic E-state index is 12.4. The maximum Gasteiger partial charge on any atom is 0.254 e. The van der Waals surface area contributed by atoms with Crippen LogP contribution in [-0.4, -0.2) is 17.4 Å². The third-order valence-corrected chi connectivity index (χ3v) is 3.72. The van der Waals surface area contributed by atoms with Gasteiger partial charge >= 0.3 is 0 Å². The first-order valence-electron chi connectivity index (χ1n) is 6.35. The summed E-state index contributed by atoms with van der Waals surface area (Å²) in [6, 6.07) is 15.4. The highest BCUT2D eigenvalue weighted by Crippen LogP contribution is 2.21. The van der Waals surface area contributed by atoms with E-state index in [1.807, 2.05) is 29.2 Å². The molecule has 0 aliphatic carbocycles. The van der Waals surface area contributed by atoms with E-state index in [1.54, 1.807) is 12.1 Å². The van der Waals surface area contributed by atoms with Crippen molar-refractivity contribution in [2.45, 2.75) is 13.0 Å². The van der Waals surface area contributed by atoms with E-state index in [4.69, 9.17) is 11.6 Å². The van der Waals surface area contributed by atoms with Gasteiger partial charge in [-0.2, -0.15) is 0 Å². The number of rotatable bonds is 1. The highest BCUT2D eigenvalue weighted by Gasteiger charge is 2.21. The summed E-state index contributed by atoms with van der Waals surface area (Å²) in [6.45, 7) is 1.45. The molecule has 0 aromatic heterocycles. The van der Waals surface area contributed by atoms with Crippen molar-refractivity contribution < 1.29 is 4.79 Å². The SMILES string of the molecule is O=C(c1cccc(Cl)c1)N1CCc2ccccc2C1. The van der Waals surface area contributed by atoms with Crippen LogP contribution in [0.1, 0.15) is 21.5 Å². The molecule has 1 heterocycles. The molecule has 0 atom stereocenters. The van der Waals surface area contributed by atoms with Gasteiger partial charge in [-0.1, -0.05) is 41.9 Å². The molecule has 2 aromatic rings. The molecular weight excluding hydrogens is 258 g/mol. The first-order valence-corrected chi connectivity index (χ1v) is 6.73. The smallest absolute Gasteiger partial charge is 0.254 e. The highest BCUT2D eigenvalue weighted by molar-refractivity contribution is 6.30. The van der Waals surface area contributed by atoms with Gasteiger partial charge in [-0.05, 0) is 35.7 Å². The number of nitrogens with zero attached hydrogens (tertiary/aromatic N) is 1. The van der Waals surface area contributed by atoms with Gasteiger partial charge < -0.3 is 4.90 Å². The molecule has 0 unspecified atom stereocenters. The lowest BCUT2D eigenvalue weighted by Crippen LogP contribution is -2.35. The fraction of sp³-hybridized carbons (Fsp3) is 0.188. The number of amides is 1. The summed E-state index contributed by atoms with van der Waals surface area (Å²) in [4.78, 5) is 14.3. The number of hydrogen-bond donors (Lipinski definition) is 0. The number of carbonyl (C=O) groups is 1. The maximum absolute atomic E-state index is 12.4. The summed E-state index contributed by atoms with van der Waals surface area (Å²) in [5, 5.41) is 0.600. The average Bonchev–Trinajstić information content (AvgIpc) is 2.46. The Bertz CT molecular complexity index is 624. The number of benzene rings is 2. The molecule has 0 saturated carbocycles. The standard InChI is InChI=1S/C16H14ClNO/c17-15-7-3-6-13(10-15)16(19)18-9-8-12-4-1-2-5-14(12)11-18/h1-7,10H,8-9,11H2. The Balaban J connectivity index is 1.83. The topological polar surface area (TPSA) is 20.3 Å². The molecule has 1 aliphatic heterocycles. The van der Waals surface area contributed by atoms with Crippen LogP contribution in [0.5, 0.6) is 0 Å². The Labute approximate surface area is 117 Å². The first-order chi connectivity index (χ1) is 9.24. The van der Waals surface area contributed by atoms with Crippen LogP contribution in [-0.2, 0) is 13.0 Å². The van der Waals surface area contributed by atoms with E-state index in [0.29, 0.717) is 17.1 Å². The van der Waals surface area contributed by atoms with Crippen molar-refractivity contribution in [1.29, 1.82) is 0 Å². The molecule has 3 rings (SSSR count). The fourth-order valence-corrected chi connectivity index (χ4v) is 2.66. The van der Waals surface area contributed by atoms with Gasteiger partial charge in [0.15, 0.2) is 0 Å². The van der Waals surface area contributed by atoms with Crippen molar-refractivity contribution in [2.75, 3.05) is 6.54 Å². The van der Waals surface area contributed by atoms with Crippen LogP contribution in [0.2, 0.25) is 5.02 Å². The third kappa shape index (κ3) is 2.49. The second-order valence-electron chi connectivity index (χ2n) is 4.76. The molecule has 0 bridgehead atoms. The van der Waals surface area contributed by atoms with Crippen molar-refractivity contribution >= 4 is 17.5 Å². The summed E-state index contributed by atoms with van der Waals surface area (Å²) >= 11 is 5.94. The zero-order chi connectivity index (χ0) is 13.2. The normalized spacial score (nSPS) is 14.1. The molecule has 0 radical (unpaired) electrons. The molecule has 0 saturated heterocycles. The lowest BCUT2D eigenvalue weighted by molar-refractivity contribution is 0.0734. The van der Waals surface area contributed by atoms with Crippen LogP contribution < -0.4 is 0 Å². The lowest BCUT2D eigenvalue weighted by atomic mass is 9.99. The van der Waals surface area contributed by atoms with Crippen molar-refractivity contribution in [3.8, 4) is 0 Å². The van der Waals surface area contributed by atoms with Crippen LogP contribution in [0.3, 0.4) is 0 Å². The predicted molar refractivity (Wildman–Crippen MR) is 76.3 cm³/mol. The van der Waals surface area contributed by atoms with E-state index in [1.165, 1.54) is 11.1 Å². The van der Waals surface area contributed by atoms with E-state index in [-0.39, 0.29) is 5.91 Å². The van der Waals surface area contributed by atoms with Crippen LogP contribution in [0, 0.1) is 0 Å². The monoisotopic (exact) mass is 271 g/mol. The molecule has 3 heteroatoms. The van der Waals surface area contributed by atoms with Crippen LogP contribution in [0.4, 0.5) is 0 Å². The number of hydrogen-bond acceptors (Lipinski definition) is 1. The molecule has 2 aromatic carbocycles. The summed E-state index contributed by atoms with van der Waals surface area (Å²) in [6.07, 6.45) is 0.919. The minimum absolute atomic E-state index is 0.0528. The van der Waals surface area contributed by atoms with E-state index in [9.17, 15) is 4.79 Å². The van der Waals surface area contributed by atoms with Crippen LogP contribution >= 0.6 is 11.6 Å². The largest absolute Gasteiger partial charge is 0.334 e. The number of halogens is 1. The predicted octanol–water partition coefficient (Wildman–Crippen LogP) is 3.54. The summed E-state index contributed by atoms with van der Waals surface area (Å²) < 4.78 is 0. The molecule has 96 valence electrons. The minimum Gasteiger partial charge on any atom is -0.334 e. The van der Waals surface area contributed by atoms with Gasteiger partial charge in [0.05, 0.1) is 0 Å². The van der Waals surface area contributed by atoms with Crippen molar-refractivity contribution in [1.82, 2.24) is 4.90 Å². The second-order valence-corrected chi connectivity index (χ2v) is 5.19. The van der Waals surface area contributed by atoms with Crippen LogP contribution in [0.25, 0.3) is 0 Å². The molecule has 2 nitrogen and oxygen atoms in total. The zero-order valence-corrected chi connectivity index (χ0v) is 11.2. The Morgan fingerprint density at radius 2 is 1.84 bits per heavy atom. The lowest BCUT2D eigenvalue weighted by Gasteiger charge is -2.29. The summed E-state index contributed by atoms with van der Waals surface area (Å²) in [7, 11) is 0. The van der Waals surface area contributed by atoms with E-state index >= 15 is 0 Å². The fourth-order valence-electron chi connectivity index (χ4n) is 2.47. The Hall–Kier alpha value is -1.80. The van der Waals surface area contributed by atoms with E-state index in [2.05, 4.69) is 12.1 Å². The van der Waals surface area contributed by atoms with Gasteiger partial charge in [-0.15, -0.1) is 0 Å². The van der Waals surface area contributed by atoms with Gasteiger partial charge in [0.25, 0.3) is 5.91 Å². The van der Waals surface area contributed by atoms with Crippen molar-refractivity contribution in [3.05, 3.63) is 70.2 Å². The quantitative estimate of drug-likeness (QED) is 0.777. The minimum atomic E-state index is 0.0528. The van der Waals surface area contributed by atoms with Gasteiger partial charge in [0.1, 0.15) is 0 Å². The first kappa shape index (κ1) is 12.2. The molecule has 1 amide bonds.